The third-order valence-corrected chi connectivity index (χ3v) is 10.1. The number of fused-ring (bicyclic) bond motifs is 5. The van der Waals surface area contributed by atoms with Crippen molar-refractivity contribution in [2.24, 2.45) is 0 Å². The minimum absolute atomic E-state index is 0.707. The molecule has 0 fully saturated rings. The standard InChI is InChI=1S/C47H31N3/c1-2-11-30(12-3-1)31-19-21-39-41(28-31)38-15-10-16-40-45(36-13-4-5-14-37(36)46(39)47(38)40)35-26-33(43-18-7-9-24-49-43)25-34(27-35)44-22-20-32(29-50-44)42-17-6-8-23-48-42/h1-28,50H,29H2. The first-order valence-corrected chi connectivity index (χ1v) is 17.1. The van der Waals surface area contributed by atoms with Gasteiger partial charge in [0.15, 0.2) is 0 Å². The lowest BCUT2D eigenvalue weighted by atomic mass is 9.86. The van der Waals surface area contributed by atoms with E-state index in [1.165, 1.54) is 71.6 Å². The Kier molecular flexibility index (Phi) is 6.56. The maximum absolute atomic E-state index is 4.78. The highest BCUT2D eigenvalue weighted by molar-refractivity contribution is 6.29. The van der Waals surface area contributed by atoms with Crippen molar-refractivity contribution < 1.29 is 0 Å². The largest absolute Gasteiger partial charge is 0.380 e. The summed E-state index contributed by atoms with van der Waals surface area (Å²) in [7, 11) is 0. The Bertz CT molecular complexity index is 2670. The topological polar surface area (TPSA) is 37.8 Å². The first-order chi connectivity index (χ1) is 24.8. The highest BCUT2D eigenvalue weighted by atomic mass is 14.9. The molecule has 0 spiro atoms. The maximum Gasteiger partial charge on any atom is 0.0702 e. The van der Waals surface area contributed by atoms with Crippen molar-refractivity contribution >= 4 is 32.8 Å². The van der Waals surface area contributed by atoms with Crippen LogP contribution in [0, 0.1) is 0 Å². The number of allylic oxidation sites excluding steroid dienone is 2. The molecule has 1 aliphatic carbocycles. The third-order valence-electron chi connectivity index (χ3n) is 10.1. The minimum atomic E-state index is 0.707. The second-order valence-corrected chi connectivity index (χ2v) is 13.0. The summed E-state index contributed by atoms with van der Waals surface area (Å²) < 4.78 is 0. The van der Waals surface area contributed by atoms with E-state index in [0.29, 0.717) is 6.54 Å². The Hall–Kier alpha value is -6.58. The predicted octanol–water partition coefficient (Wildman–Crippen LogP) is 11.5. The minimum Gasteiger partial charge on any atom is -0.380 e. The van der Waals surface area contributed by atoms with Gasteiger partial charge in [-0.05, 0) is 132 Å². The molecule has 2 aliphatic rings. The van der Waals surface area contributed by atoms with Gasteiger partial charge in [-0.15, -0.1) is 0 Å². The van der Waals surface area contributed by atoms with Crippen molar-refractivity contribution in [2.75, 3.05) is 6.54 Å². The average molecular weight is 638 g/mol. The summed E-state index contributed by atoms with van der Waals surface area (Å²) >= 11 is 0. The van der Waals surface area contributed by atoms with Crippen LogP contribution in [0.2, 0.25) is 0 Å². The summed E-state index contributed by atoms with van der Waals surface area (Å²) in [6, 6.07) is 52.5. The number of benzene rings is 6. The van der Waals surface area contributed by atoms with Crippen LogP contribution in [-0.4, -0.2) is 16.5 Å². The first-order valence-electron chi connectivity index (χ1n) is 17.1. The van der Waals surface area contributed by atoms with E-state index >= 15 is 0 Å². The second kappa shape index (κ2) is 11.5. The third kappa shape index (κ3) is 4.59. The predicted molar refractivity (Wildman–Crippen MR) is 208 cm³/mol. The van der Waals surface area contributed by atoms with E-state index in [9.17, 15) is 0 Å². The van der Waals surface area contributed by atoms with Crippen molar-refractivity contribution in [3.8, 4) is 55.8 Å². The molecule has 0 radical (unpaired) electrons. The van der Waals surface area contributed by atoms with Crippen molar-refractivity contribution in [1.82, 2.24) is 15.3 Å². The van der Waals surface area contributed by atoms with Gasteiger partial charge in [0.05, 0.1) is 11.4 Å². The van der Waals surface area contributed by atoms with Gasteiger partial charge in [-0.2, -0.15) is 0 Å². The van der Waals surface area contributed by atoms with Gasteiger partial charge in [0.2, 0.25) is 0 Å². The van der Waals surface area contributed by atoms with E-state index in [4.69, 9.17) is 4.98 Å². The molecule has 0 bridgehead atoms. The number of dihydropyridines is 1. The molecule has 3 heteroatoms. The molecule has 0 amide bonds. The number of nitrogens with one attached hydrogen (secondary N) is 1. The summed E-state index contributed by atoms with van der Waals surface area (Å²) in [5.74, 6) is 0. The van der Waals surface area contributed by atoms with E-state index in [1.807, 2.05) is 30.6 Å². The lowest BCUT2D eigenvalue weighted by Crippen LogP contribution is -2.18. The van der Waals surface area contributed by atoms with Gasteiger partial charge in [-0.1, -0.05) is 103 Å². The Morgan fingerprint density at radius 3 is 1.88 bits per heavy atom. The highest BCUT2D eigenvalue weighted by Gasteiger charge is 2.27. The first kappa shape index (κ1) is 28.4. The molecule has 3 heterocycles. The summed E-state index contributed by atoms with van der Waals surface area (Å²) in [5, 5.41) is 8.82. The molecule has 8 aromatic rings. The average Bonchev–Trinajstić information content (AvgIpc) is 3.54. The molecule has 1 aliphatic heterocycles. The zero-order valence-corrected chi connectivity index (χ0v) is 27.3. The van der Waals surface area contributed by atoms with Crippen molar-refractivity contribution in [3.05, 3.63) is 181 Å². The summed E-state index contributed by atoms with van der Waals surface area (Å²) in [6.45, 7) is 0.707. The molecule has 0 saturated heterocycles. The van der Waals surface area contributed by atoms with Gasteiger partial charge in [0, 0.05) is 30.2 Å². The Labute approximate surface area is 291 Å². The molecular weight excluding hydrogens is 607 g/mol. The van der Waals surface area contributed by atoms with Crippen LogP contribution in [0.1, 0.15) is 11.3 Å². The molecule has 6 aromatic carbocycles. The lowest BCUT2D eigenvalue weighted by Gasteiger charge is -2.20. The zero-order chi connectivity index (χ0) is 33.0. The molecule has 0 unspecified atom stereocenters. The van der Waals surface area contributed by atoms with Crippen LogP contribution in [0.4, 0.5) is 0 Å². The molecule has 234 valence electrons. The van der Waals surface area contributed by atoms with Crippen molar-refractivity contribution in [3.63, 3.8) is 0 Å². The number of aromatic nitrogens is 2. The monoisotopic (exact) mass is 637 g/mol. The van der Waals surface area contributed by atoms with Crippen LogP contribution in [0.25, 0.3) is 88.6 Å². The highest BCUT2D eigenvalue weighted by Crippen LogP contribution is 2.54. The number of rotatable bonds is 5. The SMILES string of the molecule is C1=C(c2cc(-c3ccccn3)cc(-c3c4ccccc4c4c5c(cccc35)-c3cc(-c5ccccc5)ccc3-4)c2)NCC(c2ccccn2)=C1. The lowest BCUT2D eigenvalue weighted by molar-refractivity contribution is 1.000. The fourth-order valence-electron chi connectivity index (χ4n) is 7.87. The molecule has 0 saturated carbocycles. The second-order valence-electron chi connectivity index (χ2n) is 13.0. The van der Waals surface area contributed by atoms with Gasteiger partial charge < -0.3 is 5.32 Å². The Morgan fingerprint density at radius 1 is 0.420 bits per heavy atom. The van der Waals surface area contributed by atoms with E-state index in [0.717, 1.165) is 28.2 Å². The van der Waals surface area contributed by atoms with Crippen LogP contribution in [0.5, 0.6) is 0 Å². The molecular formula is C47H31N3. The Balaban J connectivity index is 1.21. The van der Waals surface area contributed by atoms with Crippen molar-refractivity contribution in [2.45, 2.75) is 0 Å². The van der Waals surface area contributed by atoms with Crippen molar-refractivity contribution in [1.29, 1.82) is 0 Å². The smallest absolute Gasteiger partial charge is 0.0702 e. The molecule has 3 nitrogen and oxygen atoms in total. The van der Waals surface area contributed by atoms with Gasteiger partial charge in [-0.25, -0.2) is 0 Å². The molecule has 10 rings (SSSR count). The molecule has 0 atom stereocenters. The van der Waals surface area contributed by atoms with Gasteiger partial charge in [0.25, 0.3) is 0 Å². The fourth-order valence-corrected chi connectivity index (χ4v) is 7.87. The number of hydrogen-bond donors (Lipinski definition) is 1. The zero-order valence-electron chi connectivity index (χ0n) is 27.3. The van der Waals surface area contributed by atoms with E-state index < -0.39 is 0 Å². The fraction of sp³-hybridized carbons (Fsp3) is 0.0213. The van der Waals surface area contributed by atoms with Crippen LogP contribution in [0.15, 0.2) is 170 Å². The van der Waals surface area contributed by atoms with Gasteiger partial charge >= 0.3 is 0 Å². The van der Waals surface area contributed by atoms with E-state index in [-0.39, 0.29) is 0 Å². The van der Waals surface area contributed by atoms with Crippen LogP contribution < -0.4 is 5.32 Å². The normalized spacial score (nSPS) is 13.1. The summed E-state index contributed by atoms with van der Waals surface area (Å²) in [6.07, 6.45) is 8.09. The number of hydrogen-bond acceptors (Lipinski definition) is 3. The van der Waals surface area contributed by atoms with Gasteiger partial charge in [0.1, 0.15) is 0 Å². The van der Waals surface area contributed by atoms with E-state index in [2.05, 4.69) is 150 Å². The van der Waals surface area contributed by atoms with Gasteiger partial charge in [-0.3, -0.25) is 9.97 Å². The number of nitrogens with zero attached hydrogens (tertiary/aromatic N) is 2. The van der Waals surface area contributed by atoms with Crippen LogP contribution >= 0.6 is 0 Å². The molecule has 2 aromatic heterocycles. The Morgan fingerprint density at radius 2 is 1.12 bits per heavy atom. The summed E-state index contributed by atoms with van der Waals surface area (Å²) in [4.78, 5) is 9.36. The summed E-state index contributed by atoms with van der Waals surface area (Å²) in [5.41, 5.74) is 16.5. The molecule has 1 N–H and O–H groups in total. The maximum atomic E-state index is 4.78. The number of pyridine rings is 2. The van der Waals surface area contributed by atoms with E-state index in [1.54, 1.807) is 0 Å². The molecule has 50 heavy (non-hydrogen) atoms. The van der Waals surface area contributed by atoms with Crippen LogP contribution in [-0.2, 0) is 0 Å². The van der Waals surface area contributed by atoms with Crippen LogP contribution in [0.3, 0.4) is 0 Å². The quantitative estimate of drug-likeness (QED) is 0.191.